The third-order valence-corrected chi connectivity index (χ3v) is 3.92. The second-order valence-electron chi connectivity index (χ2n) is 5.54. The minimum Gasteiger partial charge on any atom is -0.310 e. The van der Waals surface area contributed by atoms with E-state index in [1.165, 1.54) is 43.2 Å². The zero-order valence-corrected chi connectivity index (χ0v) is 12.3. The van der Waals surface area contributed by atoms with Crippen LogP contribution in [0.1, 0.15) is 62.3 Å². The Hall–Kier alpha value is -1.15. The summed E-state index contributed by atoms with van der Waals surface area (Å²) in [7, 11) is 0. The highest BCUT2D eigenvalue weighted by Gasteiger charge is 2.12. The van der Waals surface area contributed by atoms with Gasteiger partial charge in [0.25, 0.3) is 0 Å². The Morgan fingerprint density at radius 1 is 1.32 bits per heavy atom. The van der Waals surface area contributed by atoms with Crippen LogP contribution in [0.3, 0.4) is 0 Å². The van der Waals surface area contributed by atoms with Crippen LogP contribution >= 0.6 is 0 Å². The summed E-state index contributed by atoms with van der Waals surface area (Å²) in [6, 6.07) is 2.98. The van der Waals surface area contributed by atoms with Crippen molar-refractivity contribution in [2.75, 3.05) is 0 Å². The van der Waals surface area contributed by atoms with E-state index in [-0.39, 0.29) is 0 Å². The molecule has 1 N–H and O–H groups in total. The molecule has 1 saturated carbocycles. The number of aromatic nitrogens is 1. The van der Waals surface area contributed by atoms with Gasteiger partial charge in [0.05, 0.1) is 0 Å². The molecule has 0 bridgehead atoms. The van der Waals surface area contributed by atoms with Gasteiger partial charge in [0.15, 0.2) is 0 Å². The number of rotatable bonds is 5. The van der Waals surface area contributed by atoms with Gasteiger partial charge in [-0.3, -0.25) is 4.98 Å². The highest BCUT2D eigenvalue weighted by Crippen LogP contribution is 2.18. The van der Waals surface area contributed by atoms with Gasteiger partial charge in [-0.25, -0.2) is 0 Å². The molecule has 0 radical (unpaired) electrons. The Morgan fingerprint density at radius 3 is 2.84 bits per heavy atom. The van der Waals surface area contributed by atoms with E-state index in [1.807, 2.05) is 6.20 Å². The van der Waals surface area contributed by atoms with Crippen LogP contribution in [-0.2, 0) is 6.54 Å². The van der Waals surface area contributed by atoms with E-state index in [0.717, 1.165) is 18.7 Å². The number of aryl methyl sites for hydroxylation is 1. The lowest BCUT2D eigenvalue weighted by Crippen LogP contribution is -2.30. The van der Waals surface area contributed by atoms with Crippen molar-refractivity contribution in [1.29, 1.82) is 0 Å². The lowest BCUT2D eigenvalue weighted by molar-refractivity contribution is 0.372. The average molecular weight is 258 g/mol. The highest BCUT2D eigenvalue weighted by atomic mass is 14.9. The Labute approximate surface area is 117 Å². The zero-order chi connectivity index (χ0) is 13.5. The van der Waals surface area contributed by atoms with E-state index >= 15 is 0 Å². The summed E-state index contributed by atoms with van der Waals surface area (Å²) in [6.07, 6.45) is 14.3. The number of pyridine rings is 1. The summed E-state index contributed by atoms with van der Waals surface area (Å²) in [5.74, 6) is 0. The van der Waals surface area contributed by atoms with Crippen molar-refractivity contribution in [3.8, 4) is 0 Å². The summed E-state index contributed by atoms with van der Waals surface area (Å²) in [6.45, 7) is 5.19. The van der Waals surface area contributed by atoms with Crippen LogP contribution in [0.2, 0.25) is 0 Å². The topological polar surface area (TPSA) is 24.9 Å². The highest BCUT2D eigenvalue weighted by molar-refractivity contribution is 5.52. The maximum atomic E-state index is 4.50. The molecular weight excluding hydrogens is 232 g/mol. The van der Waals surface area contributed by atoms with Crippen LogP contribution in [0.5, 0.6) is 0 Å². The molecule has 1 heterocycles. The Balaban J connectivity index is 1.94. The lowest BCUT2D eigenvalue weighted by atomic mass is 9.95. The first-order valence-corrected chi connectivity index (χ1v) is 7.65. The SMILES string of the molecule is CC/C=C\c1cc(CNC2CCCCC2)cnc1C. The first kappa shape index (κ1) is 14.3. The standard InChI is InChI=1S/C17H26N2/c1-3-4-8-16-11-15(12-18-14(16)2)13-19-17-9-6-5-7-10-17/h4,8,11-12,17,19H,3,5-7,9-10,13H2,1-2H3/b8-4-. The maximum Gasteiger partial charge on any atom is 0.0445 e. The van der Waals surface area contributed by atoms with Gasteiger partial charge in [-0.1, -0.05) is 38.3 Å². The fourth-order valence-corrected chi connectivity index (χ4v) is 2.67. The molecular formula is C17H26N2. The molecule has 2 heteroatoms. The first-order chi connectivity index (χ1) is 9.29. The minimum absolute atomic E-state index is 0.713. The van der Waals surface area contributed by atoms with E-state index in [0.29, 0.717) is 6.04 Å². The van der Waals surface area contributed by atoms with Crippen LogP contribution < -0.4 is 5.32 Å². The van der Waals surface area contributed by atoms with Crippen molar-refractivity contribution < 1.29 is 0 Å². The number of nitrogens with one attached hydrogen (secondary N) is 1. The van der Waals surface area contributed by atoms with Gasteiger partial charge in [-0.2, -0.15) is 0 Å². The minimum atomic E-state index is 0.713. The van der Waals surface area contributed by atoms with Crippen molar-refractivity contribution in [3.05, 3.63) is 35.2 Å². The molecule has 0 unspecified atom stereocenters. The molecule has 2 nitrogen and oxygen atoms in total. The molecule has 2 rings (SSSR count). The van der Waals surface area contributed by atoms with Gasteiger partial charge >= 0.3 is 0 Å². The molecule has 1 fully saturated rings. The summed E-state index contributed by atoms with van der Waals surface area (Å²) in [5, 5.41) is 3.68. The number of nitrogens with zero attached hydrogens (tertiary/aromatic N) is 1. The van der Waals surface area contributed by atoms with E-state index in [4.69, 9.17) is 0 Å². The predicted molar refractivity (Wildman–Crippen MR) is 82.0 cm³/mol. The smallest absolute Gasteiger partial charge is 0.0445 e. The zero-order valence-electron chi connectivity index (χ0n) is 12.3. The molecule has 1 aliphatic carbocycles. The van der Waals surface area contributed by atoms with Crippen LogP contribution in [0.25, 0.3) is 6.08 Å². The average Bonchev–Trinajstić information content (AvgIpc) is 2.46. The van der Waals surface area contributed by atoms with Crippen molar-refractivity contribution in [1.82, 2.24) is 10.3 Å². The van der Waals surface area contributed by atoms with Gasteiger partial charge in [0, 0.05) is 24.5 Å². The van der Waals surface area contributed by atoms with Crippen molar-refractivity contribution in [2.45, 2.75) is 65.0 Å². The van der Waals surface area contributed by atoms with Gasteiger partial charge < -0.3 is 5.32 Å². The Kier molecular flexibility index (Phi) is 5.59. The largest absolute Gasteiger partial charge is 0.310 e. The molecule has 1 aliphatic rings. The van der Waals surface area contributed by atoms with Gasteiger partial charge in [0.1, 0.15) is 0 Å². The van der Waals surface area contributed by atoms with Crippen molar-refractivity contribution >= 4 is 6.08 Å². The summed E-state index contributed by atoms with van der Waals surface area (Å²) in [5.41, 5.74) is 3.67. The summed E-state index contributed by atoms with van der Waals surface area (Å²) in [4.78, 5) is 4.50. The van der Waals surface area contributed by atoms with E-state index < -0.39 is 0 Å². The monoisotopic (exact) mass is 258 g/mol. The molecule has 104 valence electrons. The molecule has 0 aromatic carbocycles. The summed E-state index contributed by atoms with van der Waals surface area (Å²) < 4.78 is 0. The number of hydrogen-bond acceptors (Lipinski definition) is 2. The number of allylic oxidation sites excluding steroid dienone is 1. The fraction of sp³-hybridized carbons (Fsp3) is 0.588. The number of hydrogen-bond donors (Lipinski definition) is 1. The Morgan fingerprint density at radius 2 is 2.11 bits per heavy atom. The van der Waals surface area contributed by atoms with E-state index in [9.17, 15) is 0 Å². The maximum absolute atomic E-state index is 4.50. The fourth-order valence-electron chi connectivity index (χ4n) is 2.67. The predicted octanol–water partition coefficient (Wildman–Crippen LogP) is 4.24. The van der Waals surface area contributed by atoms with E-state index in [1.54, 1.807) is 0 Å². The second kappa shape index (κ2) is 7.44. The quantitative estimate of drug-likeness (QED) is 0.854. The van der Waals surface area contributed by atoms with Crippen LogP contribution in [0.15, 0.2) is 18.3 Å². The van der Waals surface area contributed by atoms with Gasteiger partial charge in [0.2, 0.25) is 0 Å². The van der Waals surface area contributed by atoms with Crippen molar-refractivity contribution in [2.24, 2.45) is 0 Å². The molecule has 0 aliphatic heterocycles. The second-order valence-corrected chi connectivity index (χ2v) is 5.54. The van der Waals surface area contributed by atoms with Gasteiger partial charge in [-0.15, -0.1) is 0 Å². The van der Waals surface area contributed by atoms with Gasteiger partial charge in [-0.05, 0) is 43.4 Å². The third kappa shape index (κ3) is 4.46. The normalized spacial score (nSPS) is 17.2. The van der Waals surface area contributed by atoms with Crippen LogP contribution in [-0.4, -0.2) is 11.0 Å². The lowest BCUT2D eigenvalue weighted by Gasteiger charge is -2.22. The molecule has 0 amide bonds. The molecule has 19 heavy (non-hydrogen) atoms. The summed E-state index contributed by atoms with van der Waals surface area (Å²) >= 11 is 0. The van der Waals surface area contributed by atoms with E-state index in [2.05, 4.69) is 42.4 Å². The molecule has 0 spiro atoms. The molecule has 0 saturated heterocycles. The Bertz CT molecular complexity index is 417. The molecule has 0 atom stereocenters. The van der Waals surface area contributed by atoms with Crippen LogP contribution in [0.4, 0.5) is 0 Å². The molecule has 1 aromatic rings. The van der Waals surface area contributed by atoms with Crippen LogP contribution in [0, 0.1) is 6.92 Å². The first-order valence-electron chi connectivity index (χ1n) is 7.65. The molecule has 1 aromatic heterocycles. The van der Waals surface area contributed by atoms with Crippen molar-refractivity contribution in [3.63, 3.8) is 0 Å². The third-order valence-electron chi connectivity index (χ3n) is 3.92.